The summed E-state index contributed by atoms with van der Waals surface area (Å²) in [5.74, 6) is -0.994. The summed E-state index contributed by atoms with van der Waals surface area (Å²) in [6.45, 7) is -0.385. The first kappa shape index (κ1) is 20.0. The largest absolute Gasteiger partial charge is 0.452 e. The molecule has 2 heterocycles. The molecule has 4 aromatic rings. The van der Waals surface area contributed by atoms with Gasteiger partial charge in [-0.2, -0.15) is 0 Å². The summed E-state index contributed by atoms with van der Waals surface area (Å²) in [7, 11) is 0. The lowest BCUT2D eigenvalue weighted by Crippen LogP contribution is -2.21. The SMILES string of the molecule is O=C(COC(=O)c1cc(-c2cccnc2)nc2ccccc12)Nc1ccc(I)cc1. The Bertz CT molecular complexity index is 1210. The maximum absolute atomic E-state index is 12.8. The number of nitrogens with zero attached hydrogens (tertiary/aromatic N) is 2. The zero-order valence-corrected chi connectivity index (χ0v) is 17.9. The Morgan fingerprint density at radius 1 is 1.00 bits per heavy atom. The zero-order valence-electron chi connectivity index (χ0n) is 15.7. The molecule has 1 amide bonds. The first-order valence-corrected chi connectivity index (χ1v) is 10.2. The summed E-state index contributed by atoms with van der Waals surface area (Å²) in [5, 5.41) is 3.37. The maximum atomic E-state index is 12.8. The van der Waals surface area contributed by atoms with Gasteiger partial charge < -0.3 is 10.1 Å². The standard InChI is InChI=1S/C23H16IN3O3/c24-16-7-9-17(10-8-16)26-22(28)14-30-23(29)19-12-21(15-4-3-11-25-13-15)27-20-6-2-1-5-18(19)20/h1-13H,14H2,(H,26,28). The van der Waals surface area contributed by atoms with Crippen LogP contribution in [-0.2, 0) is 9.53 Å². The molecule has 4 rings (SSSR count). The van der Waals surface area contributed by atoms with Gasteiger partial charge in [-0.25, -0.2) is 9.78 Å². The summed E-state index contributed by atoms with van der Waals surface area (Å²) in [4.78, 5) is 33.7. The van der Waals surface area contributed by atoms with E-state index in [2.05, 4.69) is 37.9 Å². The summed E-state index contributed by atoms with van der Waals surface area (Å²) in [6.07, 6.45) is 3.35. The van der Waals surface area contributed by atoms with Gasteiger partial charge in [-0.05, 0) is 71.1 Å². The number of esters is 1. The molecule has 0 radical (unpaired) electrons. The van der Waals surface area contributed by atoms with Crippen LogP contribution in [0.5, 0.6) is 0 Å². The molecule has 0 aliphatic carbocycles. The molecule has 2 aromatic carbocycles. The molecule has 0 bridgehead atoms. The van der Waals surface area contributed by atoms with E-state index in [0.717, 1.165) is 9.13 Å². The van der Waals surface area contributed by atoms with Crippen LogP contribution in [0.1, 0.15) is 10.4 Å². The number of pyridine rings is 2. The second-order valence-corrected chi connectivity index (χ2v) is 7.69. The molecule has 0 unspecified atom stereocenters. The van der Waals surface area contributed by atoms with Crippen molar-refractivity contribution < 1.29 is 14.3 Å². The summed E-state index contributed by atoms with van der Waals surface area (Å²) in [5.41, 5.74) is 3.05. The van der Waals surface area contributed by atoms with Gasteiger partial charge in [0.25, 0.3) is 5.91 Å². The first-order valence-electron chi connectivity index (χ1n) is 9.13. The fourth-order valence-corrected chi connectivity index (χ4v) is 3.31. The van der Waals surface area contributed by atoms with Crippen molar-refractivity contribution in [1.82, 2.24) is 9.97 Å². The number of ether oxygens (including phenoxy) is 1. The van der Waals surface area contributed by atoms with Crippen LogP contribution in [0.25, 0.3) is 22.2 Å². The van der Waals surface area contributed by atoms with E-state index in [1.54, 1.807) is 42.7 Å². The van der Waals surface area contributed by atoms with E-state index in [1.165, 1.54) is 0 Å². The molecule has 0 aliphatic rings. The number of rotatable bonds is 5. The minimum absolute atomic E-state index is 0.349. The van der Waals surface area contributed by atoms with Gasteiger partial charge in [-0.15, -0.1) is 0 Å². The van der Waals surface area contributed by atoms with Crippen molar-refractivity contribution in [3.63, 3.8) is 0 Å². The molecule has 6 nitrogen and oxygen atoms in total. The highest BCUT2D eigenvalue weighted by atomic mass is 127. The van der Waals surface area contributed by atoms with Crippen LogP contribution in [0.2, 0.25) is 0 Å². The van der Waals surface area contributed by atoms with Crippen molar-refractivity contribution in [3.05, 3.63) is 88.3 Å². The predicted molar refractivity (Wildman–Crippen MR) is 123 cm³/mol. The number of para-hydroxylation sites is 1. The van der Waals surface area contributed by atoms with Crippen LogP contribution in [0.4, 0.5) is 5.69 Å². The van der Waals surface area contributed by atoms with E-state index in [9.17, 15) is 9.59 Å². The highest BCUT2D eigenvalue weighted by molar-refractivity contribution is 14.1. The molecule has 1 N–H and O–H groups in total. The van der Waals surface area contributed by atoms with E-state index >= 15 is 0 Å². The number of carbonyl (C=O) groups excluding carboxylic acids is 2. The van der Waals surface area contributed by atoms with E-state index in [-0.39, 0.29) is 6.61 Å². The van der Waals surface area contributed by atoms with Gasteiger partial charge in [0.05, 0.1) is 16.8 Å². The topological polar surface area (TPSA) is 81.2 Å². The second-order valence-electron chi connectivity index (χ2n) is 6.45. The molecule has 0 spiro atoms. The molecule has 30 heavy (non-hydrogen) atoms. The Balaban J connectivity index is 1.55. The Labute approximate surface area is 186 Å². The van der Waals surface area contributed by atoms with Gasteiger partial charge in [-0.3, -0.25) is 9.78 Å². The number of hydrogen-bond acceptors (Lipinski definition) is 5. The number of amides is 1. The van der Waals surface area contributed by atoms with Crippen molar-refractivity contribution in [2.45, 2.75) is 0 Å². The van der Waals surface area contributed by atoms with Crippen molar-refractivity contribution in [3.8, 4) is 11.3 Å². The van der Waals surface area contributed by atoms with E-state index in [0.29, 0.717) is 27.8 Å². The number of aromatic nitrogens is 2. The molecule has 0 aliphatic heterocycles. The fourth-order valence-electron chi connectivity index (χ4n) is 2.95. The van der Waals surface area contributed by atoms with Crippen molar-refractivity contribution >= 4 is 51.1 Å². The Morgan fingerprint density at radius 2 is 1.80 bits per heavy atom. The highest BCUT2D eigenvalue weighted by Gasteiger charge is 2.16. The molecular formula is C23H16IN3O3. The molecule has 0 saturated carbocycles. The average molecular weight is 509 g/mol. The zero-order chi connectivity index (χ0) is 20.9. The number of hydrogen-bond donors (Lipinski definition) is 1. The number of benzene rings is 2. The lowest BCUT2D eigenvalue weighted by molar-refractivity contribution is -0.119. The lowest BCUT2D eigenvalue weighted by Gasteiger charge is -2.10. The Kier molecular flexibility index (Phi) is 5.99. The van der Waals surface area contributed by atoms with Crippen LogP contribution in [0, 0.1) is 3.57 Å². The minimum Gasteiger partial charge on any atom is -0.452 e. The minimum atomic E-state index is -0.587. The lowest BCUT2D eigenvalue weighted by atomic mass is 10.1. The Morgan fingerprint density at radius 3 is 2.57 bits per heavy atom. The number of anilines is 1. The Hall–Kier alpha value is -3.33. The van der Waals surface area contributed by atoms with Gasteiger partial charge in [0.2, 0.25) is 0 Å². The molecule has 0 saturated heterocycles. The van der Waals surface area contributed by atoms with E-state index in [1.807, 2.05) is 36.4 Å². The van der Waals surface area contributed by atoms with Crippen molar-refractivity contribution in [2.24, 2.45) is 0 Å². The van der Waals surface area contributed by atoms with Gasteiger partial charge in [-0.1, -0.05) is 18.2 Å². The molecule has 7 heteroatoms. The highest BCUT2D eigenvalue weighted by Crippen LogP contribution is 2.25. The number of halogens is 1. The average Bonchev–Trinajstić information content (AvgIpc) is 2.79. The van der Waals surface area contributed by atoms with Gasteiger partial charge in [0.1, 0.15) is 0 Å². The second kappa shape index (κ2) is 9.00. The third kappa shape index (κ3) is 4.62. The summed E-state index contributed by atoms with van der Waals surface area (Å²) in [6, 6.07) is 20.0. The van der Waals surface area contributed by atoms with Crippen molar-refractivity contribution in [2.75, 3.05) is 11.9 Å². The molecule has 0 atom stereocenters. The number of carbonyl (C=O) groups is 2. The molecule has 0 fully saturated rings. The van der Waals surface area contributed by atoms with Gasteiger partial charge >= 0.3 is 5.97 Å². The van der Waals surface area contributed by atoms with Crippen LogP contribution in [0.15, 0.2) is 79.1 Å². The van der Waals surface area contributed by atoms with Gasteiger partial charge in [0.15, 0.2) is 6.61 Å². The smallest absolute Gasteiger partial charge is 0.339 e. The van der Waals surface area contributed by atoms with Crippen LogP contribution in [0.3, 0.4) is 0 Å². The van der Waals surface area contributed by atoms with Crippen molar-refractivity contribution in [1.29, 1.82) is 0 Å². The van der Waals surface area contributed by atoms with E-state index < -0.39 is 11.9 Å². The third-order valence-corrected chi connectivity index (χ3v) is 5.07. The fraction of sp³-hybridized carbons (Fsp3) is 0.0435. The van der Waals surface area contributed by atoms with Crippen LogP contribution in [-0.4, -0.2) is 28.5 Å². The summed E-state index contributed by atoms with van der Waals surface area (Å²) >= 11 is 2.18. The molecular weight excluding hydrogens is 493 g/mol. The third-order valence-electron chi connectivity index (χ3n) is 4.36. The van der Waals surface area contributed by atoms with E-state index in [4.69, 9.17) is 4.74 Å². The molecule has 2 aromatic heterocycles. The first-order chi connectivity index (χ1) is 14.6. The number of fused-ring (bicyclic) bond motifs is 1. The predicted octanol–water partition coefficient (Wildman–Crippen LogP) is 4.70. The maximum Gasteiger partial charge on any atom is 0.339 e. The summed E-state index contributed by atoms with van der Waals surface area (Å²) < 4.78 is 6.35. The van der Waals surface area contributed by atoms with Gasteiger partial charge in [0, 0.05) is 32.6 Å². The quantitative estimate of drug-likeness (QED) is 0.312. The van der Waals surface area contributed by atoms with Crippen LogP contribution < -0.4 is 5.32 Å². The van der Waals surface area contributed by atoms with Crippen LogP contribution >= 0.6 is 22.6 Å². The number of nitrogens with one attached hydrogen (secondary N) is 1. The monoisotopic (exact) mass is 509 g/mol. The normalized spacial score (nSPS) is 10.6. The molecule has 148 valence electrons.